The Labute approximate surface area is 252 Å². The number of aromatic nitrogens is 1. The summed E-state index contributed by atoms with van der Waals surface area (Å²) in [6, 6.07) is 10.8. The number of nitrogens with one attached hydrogen (secondary N) is 4. The van der Waals surface area contributed by atoms with Crippen LogP contribution in [-0.4, -0.2) is 74.9 Å². The fraction of sp³-hybridized carbons (Fsp3) is 0.333. The number of benzene rings is 2. The maximum atomic E-state index is 13.4. The summed E-state index contributed by atoms with van der Waals surface area (Å²) < 4.78 is 0. The van der Waals surface area contributed by atoms with Gasteiger partial charge in [0, 0.05) is 36.4 Å². The van der Waals surface area contributed by atoms with Crippen molar-refractivity contribution in [2.75, 3.05) is 0 Å². The van der Waals surface area contributed by atoms with Gasteiger partial charge in [-0.3, -0.25) is 24.0 Å². The minimum Gasteiger partial charge on any atom is -0.481 e. The molecular formula is C30H36N6O8. The standard InChI is InChI=1S/C30H36N6O8/c31-20(15-18-16-33-21-9-5-4-8-19(18)21)27(40)34-22(11-13-26(38)39)28(41)36-24(14-17-6-2-1-3-7-17)29(42)35-23(30(43)44)10-12-25(32)37/h1-9,16,20,22-24,33H,10-15,31H2,(H2,32,37)(H,34,40)(H,35,42)(H,36,41)(H,38,39)(H,43,44). The molecule has 14 heteroatoms. The fourth-order valence-electron chi connectivity index (χ4n) is 4.59. The third kappa shape index (κ3) is 9.94. The van der Waals surface area contributed by atoms with Gasteiger partial charge in [0.25, 0.3) is 0 Å². The van der Waals surface area contributed by atoms with Crippen LogP contribution in [0.4, 0.5) is 0 Å². The largest absolute Gasteiger partial charge is 0.481 e. The molecule has 4 unspecified atom stereocenters. The first-order valence-electron chi connectivity index (χ1n) is 13.9. The quantitative estimate of drug-likeness (QED) is 0.102. The second kappa shape index (κ2) is 15.8. The number of nitrogens with two attached hydrogens (primary N) is 2. The van der Waals surface area contributed by atoms with E-state index in [2.05, 4.69) is 20.9 Å². The zero-order valence-electron chi connectivity index (χ0n) is 23.8. The summed E-state index contributed by atoms with van der Waals surface area (Å²) in [7, 11) is 0. The molecular weight excluding hydrogens is 572 g/mol. The van der Waals surface area contributed by atoms with Crippen molar-refractivity contribution in [3.05, 3.63) is 71.9 Å². The summed E-state index contributed by atoms with van der Waals surface area (Å²) in [6.45, 7) is 0. The van der Waals surface area contributed by atoms with E-state index < -0.39 is 66.2 Å². The average molecular weight is 609 g/mol. The highest BCUT2D eigenvalue weighted by Gasteiger charge is 2.31. The van der Waals surface area contributed by atoms with Crippen LogP contribution in [0.3, 0.4) is 0 Å². The molecule has 234 valence electrons. The maximum Gasteiger partial charge on any atom is 0.326 e. The maximum absolute atomic E-state index is 13.4. The topological polar surface area (TPSA) is 247 Å². The Balaban J connectivity index is 1.77. The smallest absolute Gasteiger partial charge is 0.326 e. The Bertz CT molecular complexity index is 1490. The number of hydrogen-bond acceptors (Lipinski definition) is 7. The number of aliphatic carboxylic acids is 2. The van der Waals surface area contributed by atoms with Gasteiger partial charge in [0.1, 0.15) is 18.1 Å². The van der Waals surface area contributed by atoms with Crippen molar-refractivity contribution < 1.29 is 39.0 Å². The molecule has 10 N–H and O–H groups in total. The first-order valence-corrected chi connectivity index (χ1v) is 13.9. The molecule has 0 saturated carbocycles. The van der Waals surface area contributed by atoms with Gasteiger partial charge in [0.2, 0.25) is 23.6 Å². The van der Waals surface area contributed by atoms with Gasteiger partial charge in [-0.2, -0.15) is 0 Å². The summed E-state index contributed by atoms with van der Waals surface area (Å²) in [5.41, 5.74) is 13.5. The van der Waals surface area contributed by atoms with Crippen molar-refractivity contribution in [2.45, 2.75) is 62.7 Å². The van der Waals surface area contributed by atoms with Crippen molar-refractivity contribution >= 4 is 46.5 Å². The molecule has 44 heavy (non-hydrogen) atoms. The van der Waals surface area contributed by atoms with Gasteiger partial charge < -0.3 is 42.6 Å². The van der Waals surface area contributed by atoms with E-state index in [9.17, 15) is 39.0 Å². The number of carbonyl (C=O) groups is 6. The van der Waals surface area contributed by atoms with Crippen LogP contribution in [0, 0.1) is 0 Å². The van der Waals surface area contributed by atoms with E-state index in [-0.39, 0.29) is 32.1 Å². The molecule has 1 aromatic heterocycles. The van der Waals surface area contributed by atoms with Gasteiger partial charge in [0.05, 0.1) is 6.04 Å². The third-order valence-electron chi connectivity index (χ3n) is 6.94. The minimum absolute atomic E-state index is 0.0553. The average Bonchev–Trinajstić information content (AvgIpc) is 3.39. The molecule has 0 saturated heterocycles. The molecule has 4 atom stereocenters. The Morgan fingerprint density at radius 1 is 0.727 bits per heavy atom. The second-order valence-electron chi connectivity index (χ2n) is 10.3. The van der Waals surface area contributed by atoms with Crippen LogP contribution in [0.25, 0.3) is 10.9 Å². The number of carbonyl (C=O) groups excluding carboxylic acids is 4. The molecule has 0 aliphatic heterocycles. The van der Waals surface area contributed by atoms with Crippen molar-refractivity contribution in [3.63, 3.8) is 0 Å². The van der Waals surface area contributed by atoms with Crippen LogP contribution in [0.2, 0.25) is 0 Å². The number of primary amides is 1. The minimum atomic E-state index is -1.46. The lowest BCUT2D eigenvalue weighted by molar-refractivity contribution is -0.142. The summed E-state index contributed by atoms with van der Waals surface area (Å²) >= 11 is 0. The lowest BCUT2D eigenvalue weighted by Crippen LogP contribution is -2.57. The zero-order chi connectivity index (χ0) is 32.2. The van der Waals surface area contributed by atoms with Crippen LogP contribution in [0.1, 0.15) is 36.8 Å². The van der Waals surface area contributed by atoms with E-state index in [1.165, 1.54) is 0 Å². The fourth-order valence-corrected chi connectivity index (χ4v) is 4.59. The molecule has 0 aliphatic rings. The predicted molar refractivity (Wildman–Crippen MR) is 159 cm³/mol. The van der Waals surface area contributed by atoms with Crippen LogP contribution < -0.4 is 27.4 Å². The molecule has 4 amide bonds. The van der Waals surface area contributed by atoms with E-state index in [1.807, 2.05) is 24.3 Å². The van der Waals surface area contributed by atoms with Crippen molar-refractivity contribution in [2.24, 2.45) is 11.5 Å². The van der Waals surface area contributed by atoms with Crippen LogP contribution in [0.15, 0.2) is 60.8 Å². The molecule has 0 fully saturated rings. The van der Waals surface area contributed by atoms with E-state index in [0.29, 0.717) is 5.56 Å². The highest BCUT2D eigenvalue weighted by atomic mass is 16.4. The summed E-state index contributed by atoms with van der Waals surface area (Å²) in [5.74, 6) is -5.79. The molecule has 0 aliphatic carbocycles. The van der Waals surface area contributed by atoms with E-state index in [4.69, 9.17) is 11.5 Å². The van der Waals surface area contributed by atoms with Gasteiger partial charge in [-0.1, -0.05) is 48.5 Å². The summed E-state index contributed by atoms with van der Waals surface area (Å²) in [5, 5.41) is 27.0. The second-order valence-corrected chi connectivity index (χ2v) is 10.3. The third-order valence-corrected chi connectivity index (χ3v) is 6.94. The predicted octanol–water partition coefficient (Wildman–Crippen LogP) is -0.0503. The van der Waals surface area contributed by atoms with Gasteiger partial charge in [-0.05, 0) is 36.5 Å². The Kier molecular flexibility index (Phi) is 12.0. The van der Waals surface area contributed by atoms with Crippen molar-refractivity contribution in [1.82, 2.24) is 20.9 Å². The Morgan fingerprint density at radius 3 is 1.98 bits per heavy atom. The molecule has 14 nitrogen and oxygen atoms in total. The van der Waals surface area contributed by atoms with E-state index in [1.54, 1.807) is 36.5 Å². The molecule has 3 rings (SSSR count). The first kappa shape index (κ1) is 33.3. The molecule has 0 spiro atoms. The number of hydrogen-bond donors (Lipinski definition) is 8. The summed E-state index contributed by atoms with van der Waals surface area (Å²) in [4.78, 5) is 77.0. The molecule has 3 aromatic rings. The Hall–Kier alpha value is -5.24. The first-order chi connectivity index (χ1) is 20.9. The number of fused-ring (bicyclic) bond motifs is 1. The number of amides is 4. The monoisotopic (exact) mass is 608 g/mol. The lowest BCUT2D eigenvalue weighted by Gasteiger charge is -2.25. The van der Waals surface area contributed by atoms with Gasteiger partial charge in [0.15, 0.2) is 0 Å². The lowest BCUT2D eigenvalue weighted by atomic mass is 10.0. The Morgan fingerprint density at radius 2 is 1.32 bits per heavy atom. The number of H-pyrrole nitrogens is 1. The van der Waals surface area contributed by atoms with Crippen molar-refractivity contribution in [1.29, 1.82) is 0 Å². The van der Waals surface area contributed by atoms with E-state index >= 15 is 0 Å². The SMILES string of the molecule is NC(=O)CCC(NC(=O)C(Cc1ccccc1)NC(=O)C(CCC(=O)O)NC(=O)C(N)Cc1c[nH]c2ccccc12)C(=O)O. The van der Waals surface area contributed by atoms with Crippen molar-refractivity contribution in [3.8, 4) is 0 Å². The van der Waals surface area contributed by atoms with Crippen LogP contribution in [-0.2, 0) is 41.6 Å². The van der Waals surface area contributed by atoms with Gasteiger partial charge in [-0.15, -0.1) is 0 Å². The number of carboxylic acid groups (broad SMARTS) is 2. The molecule has 0 radical (unpaired) electrons. The highest BCUT2D eigenvalue weighted by molar-refractivity contribution is 5.95. The molecule has 2 aromatic carbocycles. The van der Waals surface area contributed by atoms with Crippen LogP contribution in [0.5, 0.6) is 0 Å². The normalized spacial score (nSPS) is 13.7. The highest BCUT2D eigenvalue weighted by Crippen LogP contribution is 2.19. The zero-order valence-corrected chi connectivity index (χ0v) is 23.8. The van der Waals surface area contributed by atoms with E-state index in [0.717, 1.165) is 16.5 Å². The number of para-hydroxylation sites is 1. The number of aromatic amines is 1. The van der Waals surface area contributed by atoms with Gasteiger partial charge >= 0.3 is 11.9 Å². The van der Waals surface area contributed by atoms with Crippen LogP contribution >= 0.6 is 0 Å². The molecule has 1 heterocycles. The molecule has 0 bridgehead atoms. The number of rotatable bonds is 17. The van der Waals surface area contributed by atoms with Gasteiger partial charge in [-0.25, -0.2) is 4.79 Å². The number of carboxylic acids is 2. The summed E-state index contributed by atoms with van der Waals surface area (Å²) in [6.07, 6.45) is 0.461.